The van der Waals surface area contributed by atoms with Gasteiger partial charge in [0.05, 0.1) is 26.2 Å². The van der Waals surface area contributed by atoms with E-state index in [1.165, 1.54) is 100 Å². The van der Waals surface area contributed by atoms with Gasteiger partial charge in [0.25, 0.3) is 0 Å². The van der Waals surface area contributed by atoms with Crippen molar-refractivity contribution in [2.45, 2.75) is 85.0 Å². The summed E-state index contributed by atoms with van der Waals surface area (Å²) >= 11 is 3.59. The van der Waals surface area contributed by atoms with E-state index in [1.807, 2.05) is 0 Å². The van der Waals surface area contributed by atoms with Gasteiger partial charge < -0.3 is 4.48 Å². The molecule has 0 atom stereocenters. The Labute approximate surface area is 137 Å². The van der Waals surface area contributed by atoms with Crippen molar-refractivity contribution >= 4 is 15.9 Å². The standard InChI is InChI=1S/C18H39BrN/c1-4-7-11-16-20(15-9-6-3,17-12-8-5-2)18-13-10-14-19/h4-18H2,1-3H3/q+1. The molecule has 0 saturated heterocycles. The molecule has 0 N–H and O–H groups in total. The Bertz CT molecular complexity index is 167. The summed E-state index contributed by atoms with van der Waals surface area (Å²) in [5, 5.41) is 1.17. The fourth-order valence-electron chi connectivity index (χ4n) is 3.10. The molecule has 122 valence electrons. The first-order valence-corrected chi connectivity index (χ1v) is 10.3. The molecule has 0 spiro atoms. The van der Waals surface area contributed by atoms with Crippen LogP contribution in [0.2, 0.25) is 0 Å². The van der Waals surface area contributed by atoms with Crippen LogP contribution in [0.5, 0.6) is 0 Å². The number of unbranched alkanes of at least 4 members (excludes halogenated alkanes) is 6. The SMILES string of the molecule is CCCCC[N+](CCCC)(CCCCC)CCCCBr. The second-order valence-corrected chi connectivity index (χ2v) is 7.19. The predicted molar refractivity (Wildman–Crippen MR) is 96.7 cm³/mol. The van der Waals surface area contributed by atoms with Gasteiger partial charge in [-0.2, -0.15) is 0 Å². The highest BCUT2D eigenvalue weighted by molar-refractivity contribution is 9.09. The number of halogens is 1. The normalized spacial score (nSPS) is 12.0. The Morgan fingerprint density at radius 1 is 0.550 bits per heavy atom. The molecule has 0 aliphatic rings. The molecule has 0 aromatic rings. The molecule has 0 aliphatic carbocycles. The number of rotatable bonds is 15. The van der Waals surface area contributed by atoms with E-state index in [0.717, 1.165) is 0 Å². The zero-order chi connectivity index (χ0) is 15.1. The van der Waals surface area contributed by atoms with E-state index in [9.17, 15) is 0 Å². The van der Waals surface area contributed by atoms with Gasteiger partial charge in [0.1, 0.15) is 0 Å². The molecule has 20 heavy (non-hydrogen) atoms. The van der Waals surface area contributed by atoms with E-state index in [1.54, 1.807) is 0 Å². The van der Waals surface area contributed by atoms with E-state index in [-0.39, 0.29) is 0 Å². The summed E-state index contributed by atoms with van der Waals surface area (Å²) in [6, 6.07) is 0. The van der Waals surface area contributed by atoms with Gasteiger partial charge in [-0.15, -0.1) is 0 Å². The maximum atomic E-state index is 3.59. The molecule has 0 bridgehead atoms. The lowest BCUT2D eigenvalue weighted by atomic mass is 10.1. The minimum absolute atomic E-state index is 1.17. The summed E-state index contributed by atoms with van der Waals surface area (Å²) in [5.74, 6) is 0. The Hall–Kier alpha value is 0.440. The molecule has 0 rings (SSSR count). The Morgan fingerprint density at radius 3 is 1.35 bits per heavy atom. The van der Waals surface area contributed by atoms with Crippen LogP contribution in [0.3, 0.4) is 0 Å². The summed E-state index contributed by atoms with van der Waals surface area (Å²) in [4.78, 5) is 0. The van der Waals surface area contributed by atoms with E-state index in [4.69, 9.17) is 0 Å². The van der Waals surface area contributed by atoms with Gasteiger partial charge in [0.2, 0.25) is 0 Å². The summed E-state index contributed by atoms with van der Waals surface area (Å²) < 4.78 is 1.42. The van der Waals surface area contributed by atoms with Crippen LogP contribution in [0.25, 0.3) is 0 Å². The topological polar surface area (TPSA) is 0 Å². The van der Waals surface area contributed by atoms with Gasteiger partial charge in [-0.05, 0) is 44.9 Å². The van der Waals surface area contributed by atoms with Crippen LogP contribution in [0.15, 0.2) is 0 Å². The summed E-state index contributed by atoms with van der Waals surface area (Å²) in [5.41, 5.74) is 0. The van der Waals surface area contributed by atoms with Crippen molar-refractivity contribution in [1.29, 1.82) is 0 Å². The van der Waals surface area contributed by atoms with Gasteiger partial charge in [-0.25, -0.2) is 0 Å². The lowest BCUT2D eigenvalue weighted by Crippen LogP contribution is -2.50. The van der Waals surface area contributed by atoms with E-state index in [0.29, 0.717) is 0 Å². The Balaban J connectivity index is 4.48. The van der Waals surface area contributed by atoms with Crippen LogP contribution in [-0.2, 0) is 0 Å². The van der Waals surface area contributed by atoms with Crippen LogP contribution in [-0.4, -0.2) is 36.0 Å². The lowest BCUT2D eigenvalue weighted by molar-refractivity contribution is -0.929. The molecule has 0 aromatic carbocycles. The molecular formula is C18H39BrN+. The highest BCUT2D eigenvalue weighted by Gasteiger charge is 2.25. The minimum atomic E-state index is 1.17. The highest BCUT2D eigenvalue weighted by atomic mass is 79.9. The van der Waals surface area contributed by atoms with Gasteiger partial charge in [0, 0.05) is 5.33 Å². The quantitative estimate of drug-likeness (QED) is 0.189. The van der Waals surface area contributed by atoms with Crippen LogP contribution in [0.4, 0.5) is 0 Å². The Kier molecular flexibility index (Phi) is 14.7. The first-order valence-electron chi connectivity index (χ1n) is 9.15. The second-order valence-electron chi connectivity index (χ2n) is 6.40. The Morgan fingerprint density at radius 2 is 0.950 bits per heavy atom. The second kappa shape index (κ2) is 14.4. The summed E-state index contributed by atoms with van der Waals surface area (Å²) in [6.45, 7) is 12.7. The maximum Gasteiger partial charge on any atom is 0.0786 e. The number of nitrogens with zero attached hydrogens (tertiary/aromatic N) is 1. The molecule has 0 aliphatic heterocycles. The number of hydrogen-bond acceptors (Lipinski definition) is 0. The number of alkyl halides is 1. The smallest absolute Gasteiger partial charge is 0.0786 e. The average Bonchev–Trinajstić information content (AvgIpc) is 2.46. The third-order valence-electron chi connectivity index (χ3n) is 4.47. The monoisotopic (exact) mass is 348 g/mol. The van der Waals surface area contributed by atoms with Gasteiger partial charge >= 0.3 is 0 Å². The van der Waals surface area contributed by atoms with Crippen LogP contribution < -0.4 is 0 Å². The molecule has 0 aromatic heterocycles. The van der Waals surface area contributed by atoms with Gasteiger partial charge in [-0.1, -0.05) is 56.0 Å². The summed E-state index contributed by atoms with van der Waals surface area (Å²) in [6.07, 6.45) is 13.9. The predicted octanol–water partition coefficient (Wildman–Crippen LogP) is 6.16. The van der Waals surface area contributed by atoms with Crippen molar-refractivity contribution < 1.29 is 4.48 Å². The highest BCUT2D eigenvalue weighted by Crippen LogP contribution is 2.17. The molecule has 2 heteroatoms. The average molecular weight is 349 g/mol. The molecule has 0 saturated carbocycles. The molecular weight excluding hydrogens is 310 g/mol. The molecule has 0 unspecified atom stereocenters. The van der Waals surface area contributed by atoms with Crippen molar-refractivity contribution in [1.82, 2.24) is 0 Å². The van der Waals surface area contributed by atoms with Crippen LogP contribution >= 0.6 is 15.9 Å². The summed E-state index contributed by atoms with van der Waals surface area (Å²) in [7, 11) is 0. The zero-order valence-electron chi connectivity index (χ0n) is 14.4. The molecule has 0 heterocycles. The first kappa shape index (κ1) is 20.4. The fraction of sp³-hybridized carbons (Fsp3) is 1.00. The molecule has 0 radical (unpaired) electrons. The minimum Gasteiger partial charge on any atom is -0.324 e. The number of quaternary nitrogens is 1. The fourth-order valence-corrected chi connectivity index (χ4v) is 3.50. The van der Waals surface area contributed by atoms with Gasteiger partial charge in [0.15, 0.2) is 0 Å². The molecule has 1 nitrogen and oxygen atoms in total. The van der Waals surface area contributed by atoms with Crippen molar-refractivity contribution in [3.05, 3.63) is 0 Å². The van der Waals surface area contributed by atoms with Crippen LogP contribution in [0.1, 0.15) is 85.0 Å². The van der Waals surface area contributed by atoms with Crippen molar-refractivity contribution in [2.24, 2.45) is 0 Å². The van der Waals surface area contributed by atoms with E-state index < -0.39 is 0 Å². The lowest BCUT2D eigenvalue weighted by Gasteiger charge is -2.39. The largest absolute Gasteiger partial charge is 0.324 e. The third kappa shape index (κ3) is 10.2. The van der Waals surface area contributed by atoms with E-state index in [2.05, 4.69) is 36.7 Å². The molecule has 0 fully saturated rings. The molecule has 0 amide bonds. The third-order valence-corrected chi connectivity index (χ3v) is 5.03. The van der Waals surface area contributed by atoms with Gasteiger partial charge in [-0.3, -0.25) is 0 Å². The first-order chi connectivity index (χ1) is 9.74. The van der Waals surface area contributed by atoms with E-state index >= 15 is 0 Å². The number of hydrogen-bond donors (Lipinski definition) is 0. The van der Waals surface area contributed by atoms with Crippen LogP contribution in [0, 0.1) is 0 Å². The van der Waals surface area contributed by atoms with Crippen molar-refractivity contribution in [3.63, 3.8) is 0 Å². The zero-order valence-corrected chi connectivity index (χ0v) is 16.0. The van der Waals surface area contributed by atoms with Crippen molar-refractivity contribution in [3.8, 4) is 0 Å². The van der Waals surface area contributed by atoms with Crippen molar-refractivity contribution in [2.75, 3.05) is 31.5 Å². The maximum absolute atomic E-state index is 3.59.